The van der Waals surface area contributed by atoms with E-state index in [1.807, 2.05) is 12.3 Å². The summed E-state index contributed by atoms with van der Waals surface area (Å²) in [6.07, 6.45) is 4.57. The molecule has 0 aliphatic rings. The minimum atomic E-state index is -1.01. The number of aromatic nitrogens is 2. The molecule has 1 N–H and O–H groups in total. The first-order valence-electron chi connectivity index (χ1n) is 9.35. The number of hydrogen-bond acceptors (Lipinski definition) is 5. The molecule has 3 rings (SSSR count). The van der Waals surface area contributed by atoms with Crippen LogP contribution in [0.15, 0.2) is 64.2 Å². The highest BCUT2D eigenvalue weighted by Crippen LogP contribution is 2.27. The van der Waals surface area contributed by atoms with Gasteiger partial charge in [-0.1, -0.05) is 30.8 Å². The Labute approximate surface area is 186 Å². The van der Waals surface area contributed by atoms with Crippen LogP contribution < -0.4 is 5.56 Å². The maximum atomic E-state index is 13.2. The molecule has 0 aliphatic carbocycles. The van der Waals surface area contributed by atoms with Gasteiger partial charge in [0, 0.05) is 0 Å². The minimum Gasteiger partial charge on any atom is -0.481 e. The lowest BCUT2D eigenvalue weighted by molar-refractivity contribution is -0.133. The van der Waals surface area contributed by atoms with Crippen LogP contribution >= 0.6 is 23.1 Å². The summed E-state index contributed by atoms with van der Waals surface area (Å²) in [6.45, 7) is 7.05. The first-order chi connectivity index (χ1) is 14.8. The van der Waals surface area contributed by atoms with Gasteiger partial charge in [0.2, 0.25) is 0 Å². The second kappa shape index (κ2) is 11.6. The van der Waals surface area contributed by atoms with E-state index in [-0.39, 0.29) is 22.3 Å². The van der Waals surface area contributed by atoms with Crippen LogP contribution in [0.1, 0.15) is 25.8 Å². The number of aliphatic carboxylic acids is 1. The summed E-state index contributed by atoms with van der Waals surface area (Å²) in [4.78, 5) is 29.0. The van der Waals surface area contributed by atoms with Crippen molar-refractivity contribution in [3.63, 3.8) is 0 Å². The number of benzene rings is 1. The first-order valence-corrected chi connectivity index (χ1v) is 11.2. The van der Waals surface area contributed by atoms with Crippen LogP contribution in [0.3, 0.4) is 0 Å². The average Bonchev–Trinajstić information content (AvgIpc) is 3.11. The molecule has 0 atom stereocenters. The molecule has 2 aromatic heterocycles. The van der Waals surface area contributed by atoms with Crippen LogP contribution in [0.2, 0.25) is 0 Å². The lowest BCUT2D eigenvalue weighted by Crippen LogP contribution is -2.22. The van der Waals surface area contributed by atoms with Crippen LogP contribution in [0.25, 0.3) is 15.9 Å². The molecule has 31 heavy (non-hydrogen) atoms. The van der Waals surface area contributed by atoms with Gasteiger partial charge in [0.25, 0.3) is 5.56 Å². The minimum absolute atomic E-state index is 0.0856. The van der Waals surface area contributed by atoms with E-state index >= 15 is 0 Å². The molecular weight excluding hydrogens is 442 g/mol. The molecule has 0 saturated carbocycles. The highest BCUT2D eigenvalue weighted by atomic mass is 32.2. The third-order valence-electron chi connectivity index (χ3n) is 3.91. The predicted octanol–water partition coefficient (Wildman–Crippen LogP) is 5.76. The predicted molar refractivity (Wildman–Crippen MR) is 123 cm³/mol. The summed E-state index contributed by atoms with van der Waals surface area (Å²) in [5.74, 6) is -1.75. The number of carboxylic acid groups (broad SMARTS) is 1. The fourth-order valence-electron chi connectivity index (χ4n) is 2.66. The molecular formula is C22H22F2N2O3S2. The van der Waals surface area contributed by atoms with Crippen molar-refractivity contribution in [2.24, 2.45) is 0 Å². The lowest BCUT2D eigenvalue weighted by atomic mass is 10.2. The molecule has 0 amide bonds. The zero-order valence-electron chi connectivity index (χ0n) is 17.1. The number of halogens is 2. The molecule has 1 aromatic carbocycles. The number of nitrogens with zero attached hydrogens (tertiary/aromatic N) is 2. The van der Waals surface area contributed by atoms with Crippen molar-refractivity contribution < 1.29 is 18.7 Å². The number of hydrogen-bond donors (Lipinski definition) is 1. The van der Waals surface area contributed by atoms with Crippen molar-refractivity contribution >= 4 is 39.3 Å². The first kappa shape index (κ1) is 24.5. The second-order valence-corrected chi connectivity index (χ2v) is 8.13. The maximum Gasteiger partial charge on any atom is 0.313 e. The summed E-state index contributed by atoms with van der Waals surface area (Å²) in [5.41, 5.74) is 0.949. The molecule has 9 heteroatoms. The molecule has 164 valence electrons. The van der Waals surface area contributed by atoms with Gasteiger partial charge in [0.05, 0.1) is 22.7 Å². The van der Waals surface area contributed by atoms with Gasteiger partial charge in [0.15, 0.2) is 5.16 Å². The Kier molecular flexibility index (Phi) is 9.14. The number of thiophene rings is 1. The van der Waals surface area contributed by atoms with Crippen LogP contribution in [-0.4, -0.2) is 26.4 Å². The smallest absolute Gasteiger partial charge is 0.313 e. The van der Waals surface area contributed by atoms with Crippen LogP contribution in [0.4, 0.5) is 8.78 Å². The van der Waals surface area contributed by atoms with Crippen molar-refractivity contribution in [1.82, 2.24) is 9.55 Å². The summed E-state index contributed by atoms with van der Waals surface area (Å²) >= 11 is 2.28. The van der Waals surface area contributed by atoms with Gasteiger partial charge in [-0.25, -0.2) is 13.8 Å². The molecule has 2 heterocycles. The second-order valence-electron chi connectivity index (χ2n) is 6.33. The fraction of sp³-hybridized carbons (Fsp3) is 0.227. The van der Waals surface area contributed by atoms with Gasteiger partial charge < -0.3 is 5.11 Å². The molecule has 0 spiro atoms. The van der Waals surface area contributed by atoms with E-state index in [2.05, 4.69) is 11.6 Å². The van der Waals surface area contributed by atoms with E-state index in [0.29, 0.717) is 22.3 Å². The normalized spacial score (nSPS) is 11.2. The van der Waals surface area contributed by atoms with E-state index in [1.165, 1.54) is 47.1 Å². The molecule has 0 saturated heterocycles. The Balaban J connectivity index is 0.000000501. The van der Waals surface area contributed by atoms with Crippen LogP contribution in [0.5, 0.6) is 0 Å². The zero-order chi connectivity index (χ0) is 23.0. The number of allylic oxidation sites excluding steroid dienone is 3. The maximum absolute atomic E-state index is 13.2. The molecule has 0 fully saturated rings. The monoisotopic (exact) mass is 464 g/mol. The van der Waals surface area contributed by atoms with E-state index in [1.54, 1.807) is 12.2 Å². The third-order valence-corrected chi connectivity index (χ3v) is 5.76. The Bertz CT molecular complexity index is 1150. The number of carbonyl (C=O) groups is 1. The molecule has 0 unspecified atom stereocenters. The Hall–Kier alpha value is -2.78. The number of carboxylic acids is 1. The van der Waals surface area contributed by atoms with Crippen molar-refractivity contribution in [3.8, 4) is 5.69 Å². The third kappa shape index (κ3) is 6.60. The topological polar surface area (TPSA) is 72.2 Å². The fourth-order valence-corrected chi connectivity index (χ4v) is 4.38. The summed E-state index contributed by atoms with van der Waals surface area (Å²) in [7, 11) is 0. The van der Waals surface area contributed by atoms with E-state index in [4.69, 9.17) is 5.11 Å². The van der Waals surface area contributed by atoms with Gasteiger partial charge in [-0.2, -0.15) is 0 Å². The van der Waals surface area contributed by atoms with E-state index in [0.717, 1.165) is 23.7 Å². The van der Waals surface area contributed by atoms with Gasteiger partial charge in [-0.05, 0) is 55.0 Å². The number of fused-ring (bicyclic) bond motifs is 1. The Morgan fingerprint density at radius 3 is 2.55 bits per heavy atom. The van der Waals surface area contributed by atoms with Crippen LogP contribution in [-0.2, 0) is 11.2 Å². The molecule has 0 radical (unpaired) electrons. The van der Waals surface area contributed by atoms with Crippen molar-refractivity contribution in [3.05, 3.63) is 75.9 Å². The number of thioether (sulfide) groups is 1. The van der Waals surface area contributed by atoms with Gasteiger partial charge in [-0.15, -0.1) is 17.9 Å². The highest BCUT2D eigenvalue weighted by molar-refractivity contribution is 7.99. The van der Waals surface area contributed by atoms with Crippen molar-refractivity contribution in [2.75, 3.05) is 5.75 Å². The molecule has 0 aliphatic heterocycles. The highest BCUT2D eigenvalue weighted by Gasteiger charge is 2.18. The van der Waals surface area contributed by atoms with Gasteiger partial charge >= 0.3 is 5.97 Å². The van der Waals surface area contributed by atoms with E-state index < -0.39 is 11.8 Å². The Morgan fingerprint density at radius 1 is 1.35 bits per heavy atom. The largest absolute Gasteiger partial charge is 0.481 e. The molecule has 5 nitrogen and oxygen atoms in total. The zero-order valence-corrected chi connectivity index (χ0v) is 18.7. The standard InChI is InChI=1S/C17H13FN2O3S2.C5H9F/c1-2-3-10-8-24-15-14(10)16(23)20(12-6-4-11(18)5-7-12)17(19-15)25-9-13(21)22;1-3-4-5(2)6/h2,4-8H,1,3,9H2,(H,21,22);4H,3H2,1-2H3/b;5-4+. The average molecular weight is 465 g/mol. The summed E-state index contributed by atoms with van der Waals surface area (Å²) in [6, 6.07) is 5.43. The van der Waals surface area contributed by atoms with Crippen LogP contribution in [0, 0.1) is 5.82 Å². The number of rotatable bonds is 7. The van der Waals surface area contributed by atoms with Gasteiger partial charge in [0.1, 0.15) is 10.6 Å². The molecule has 0 bridgehead atoms. The van der Waals surface area contributed by atoms with Gasteiger partial charge in [-0.3, -0.25) is 14.2 Å². The summed E-state index contributed by atoms with van der Waals surface area (Å²) < 4.78 is 26.1. The van der Waals surface area contributed by atoms with Crippen molar-refractivity contribution in [2.45, 2.75) is 31.8 Å². The quantitative estimate of drug-likeness (QED) is 0.273. The molecule has 3 aromatic rings. The summed E-state index contributed by atoms with van der Waals surface area (Å²) in [5, 5.41) is 11.5. The van der Waals surface area contributed by atoms with Crippen molar-refractivity contribution in [1.29, 1.82) is 0 Å². The van der Waals surface area contributed by atoms with E-state index in [9.17, 15) is 18.4 Å². The Morgan fingerprint density at radius 2 is 2.03 bits per heavy atom. The lowest BCUT2D eigenvalue weighted by Gasteiger charge is -2.11. The SMILES string of the molecule is C=CCc1csc2nc(SCC(=O)O)n(-c3ccc(F)cc3)c(=O)c12.CC/C=C(\C)F.